The van der Waals surface area contributed by atoms with Crippen molar-refractivity contribution in [2.24, 2.45) is 5.41 Å². The number of carbonyl (C=O) groups excluding carboxylic acids is 1. The van der Waals surface area contributed by atoms with Gasteiger partial charge in [0.1, 0.15) is 6.54 Å². The van der Waals surface area contributed by atoms with E-state index in [0.29, 0.717) is 10.7 Å². The molecule has 1 aromatic heterocycles. The van der Waals surface area contributed by atoms with Crippen LogP contribution in [0, 0.1) is 5.41 Å². The van der Waals surface area contributed by atoms with Crippen molar-refractivity contribution in [2.45, 2.75) is 61.9 Å². The minimum Gasteiger partial charge on any atom is -0.468 e. The van der Waals surface area contributed by atoms with Gasteiger partial charge in [0.15, 0.2) is 0 Å². The van der Waals surface area contributed by atoms with Crippen LogP contribution >= 0.6 is 11.8 Å². The zero-order valence-electron chi connectivity index (χ0n) is 11.7. The third kappa shape index (κ3) is 2.55. The number of hydrogen-bond donors (Lipinski definition) is 0. The Morgan fingerprint density at radius 3 is 2.85 bits per heavy atom. The molecule has 6 nitrogen and oxygen atoms in total. The van der Waals surface area contributed by atoms with Crippen molar-refractivity contribution in [3.05, 3.63) is 0 Å². The van der Waals surface area contributed by atoms with E-state index in [4.69, 9.17) is 0 Å². The van der Waals surface area contributed by atoms with E-state index in [9.17, 15) is 4.79 Å². The maximum absolute atomic E-state index is 11.3. The number of nitrogens with zero attached hydrogens (tertiary/aromatic N) is 4. The van der Waals surface area contributed by atoms with E-state index < -0.39 is 0 Å². The van der Waals surface area contributed by atoms with Crippen molar-refractivity contribution < 1.29 is 9.53 Å². The summed E-state index contributed by atoms with van der Waals surface area (Å²) in [5, 5.41) is 13.0. The molecule has 1 aromatic rings. The van der Waals surface area contributed by atoms with E-state index in [2.05, 4.69) is 20.3 Å². The predicted octanol–water partition coefficient (Wildman–Crippen LogP) is 2.05. The molecule has 1 heterocycles. The van der Waals surface area contributed by atoms with Gasteiger partial charge in [-0.25, -0.2) is 4.68 Å². The monoisotopic (exact) mass is 296 g/mol. The minimum absolute atomic E-state index is 0.0888. The van der Waals surface area contributed by atoms with E-state index in [1.807, 2.05) is 0 Å². The van der Waals surface area contributed by atoms with Gasteiger partial charge in [0.25, 0.3) is 0 Å². The smallest absolute Gasteiger partial charge is 0.327 e. The first-order chi connectivity index (χ1) is 9.73. The third-order valence-electron chi connectivity index (χ3n) is 4.69. The number of rotatable bonds is 4. The Morgan fingerprint density at radius 1 is 1.40 bits per heavy atom. The van der Waals surface area contributed by atoms with Crippen LogP contribution in [-0.2, 0) is 16.1 Å². The molecule has 0 N–H and O–H groups in total. The molecule has 20 heavy (non-hydrogen) atoms. The molecule has 0 radical (unpaired) electrons. The zero-order chi connectivity index (χ0) is 14.0. The highest BCUT2D eigenvalue weighted by Gasteiger charge is 2.47. The van der Waals surface area contributed by atoms with Crippen molar-refractivity contribution in [2.75, 3.05) is 7.11 Å². The van der Waals surface area contributed by atoms with Crippen LogP contribution in [0.5, 0.6) is 0 Å². The number of methoxy groups -OCH3 is 1. The maximum atomic E-state index is 11.3. The van der Waals surface area contributed by atoms with E-state index in [1.165, 1.54) is 52.1 Å². The van der Waals surface area contributed by atoms with Gasteiger partial charge in [0.05, 0.1) is 7.11 Å². The van der Waals surface area contributed by atoms with E-state index >= 15 is 0 Å². The number of ether oxygens (including phenoxy) is 1. The first-order valence-corrected chi connectivity index (χ1v) is 8.11. The summed E-state index contributed by atoms with van der Waals surface area (Å²) in [6.07, 6.45) is 9.32. The first kappa shape index (κ1) is 13.9. The number of hydrogen-bond acceptors (Lipinski definition) is 6. The normalized spacial score (nSPS) is 24.4. The van der Waals surface area contributed by atoms with Gasteiger partial charge in [-0.2, -0.15) is 0 Å². The third-order valence-corrected chi connectivity index (χ3v) is 6.21. The van der Waals surface area contributed by atoms with Crippen molar-refractivity contribution in [1.29, 1.82) is 0 Å². The SMILES string of the molecule is COC(=O)Cn1nnnc1SC1CCC12CCCCC2. The lowest BCUT2D eigenvalue weighted by atomic mass is 9.60. The van der Waals surface area contributed by atoms with Crippen LogP contribution in [0.2, 0.25) is 0 Å². The van der Waals surface area contributed by atoms with Crippen LogP contribution < -0.4 is 0 Å². The summed E-state index contributed by atoms with van der Waals surface area (Å²) >= 11 is 1.74. The molecule has 2 aliphatic carbocycles. The van der Waals surface area contributed by atoms with Crippen LogP contribution in [-0.4, -0.2) is 38.5 Å². The minimum atomic E-state index is -0.319. The van der Waals surface area contributed by atoms with E-state index in [0.717, 1.165) is 5.16 Å². The zero-order valence-corrected chi connectivity index (χ0v) is 12.6. The lowest BCUT2D eigenvalue weighted by molar-refractivity contribution is -0.141. The molecule has 3 rings (SSSR count). The van der Waals surface area contributed by atoms with Crippen LogP contribution in [0.4, 0.5) is 0 Å². The van der Waals surface area contributed by atoms with Crippen molar-refractivity contribution in [1.82, 2.24) is 20.2 Å². The van der Waals surface area contributed by atoms with Gasteiger partial charge in [-0.05, 0) is 41.5 Å². The topological polar surface area (TPSA) is 69.9 Å². The highest BCUT2D eigenvalue weighted by atomic mass is 32.2. The van der Waals surface area contributed by atoms with Crippen LogP contribution in [0.15, 0.2) is 5.16 Å². The van der Waals surface area contributed by atoms with Gasteiger partial charge in [0.2, 0.25) is 5.16 Å². The molecule has 2 fully saturated rings. The van der Waals surface area contributed by atoms with Gasteiger partial charge in [-0.3, -0.25) is 4.79 Å². The summed E-state index contributed by atoms with van der Waals surface area (Å²) in [5.74, 6) is -0.319. The average molecular weight is 296 g/mol. The first-order valence-electron chi connectivity index (χ1n) is 7.23. The fourth-order valence-electron chi connectivity index (χ4n) is 3.38. The van der Waals surface area contributed by atoms with Crippen molar-refractivity contribution >= 4 is 17.7 Å². The van der Waals surface area contributed by atoms with Gasteiger partial charge >= 0.3 is 5.97 Å². The van der Waals surface area contributed by atoms with Gasteiger partial charge in [0, 0.05) is 5.25 Å². The molecule has 2 aliphatic rings. The Kier molecular flexibility index (Phi) is 3.96. The van der Waals surface area contributed by atoms with Gasteiger partial charge in [-0.1, -0.05) is 31.0 Å². The summed E-state index contributed by atoms with van der Waals surface area (Å²) in [6, 6.07) is 0. The molecule has 2 saturated carbocycles. The predicted molar refractivity (Wildman–Crippen MR) is 74.2 cm³/mol. The largest absolute Gasteiger partial charge is 0.468 e. The van der Waals surface area contributed by atoms with Crippen LogP contribution in [0.25, 0.3) is 0 Å². The molecular formula is C13H20N4O2S. The summed E-state index contributed by atoms with van der Waals surface area (Å²) in [6.45, 7) is 0.0888. The van der Waals surface area contributed by atoms with Gasteiger partial charge < -0.3 is 4.74 Å². The second-order valence-electron chi connectivity index (χ2n) is 5.76. The van der Waals surface area contributed by atoms with E-state index in [-0.39, 0.29) is 12.5 Å². The molecule has 1 atom stereocenters. The van der Waals surface area contributed by atoms with E-state index in [1.54, 1.807) is 16.4 Å². The van der Waals surface area contributed by atoms with Crippen LogP contribution in [0.3, 0.4) is 0 Å². The molecule has 0 saturated heterocycles. The molecule has 0 amide bonds. The van der Waals surface area contributed by atoms with Gasteiger partial charge in [-0.15, -0.1) is 5.10 Å². The highest BCUT2D eigenvalue weighted by Crippen LogP contribution is 2.57. The summed E-state index contributed by atoms with van der Waals surface area (Å²) < 4.78 is 6.22. The molecule has 0 aliphatic heterocycles. The Morgan fingerprint density at radius 2 is 2.20 bits per heavy atom. The second-order valence-corrected chi connectivity index (χ2v) is 6.93. The maximum Gasteiger partial charge on any atom is 0.327 e. The fraction of sp³-hybridized carbons (Fsp3) is 0.846. The quantitative estimate of drug-likeness (QED) is 0.792. The summed E-state index contributed by atoms with van der Waals surface area (Å²) in [5.41, 5.74) is 0.505. The highest BCUT2D eigenvalue weighted by molar-refractivity contribution is 7.99. The molecule has 7 heteroatoms. The van der Waals surface area contributed by atoms with Crippen LogP contribution in [0.1, 0.15) is 44.9 Å². The number of aromatic nitrogens is 4. The average Bonchev–Trinajstić information content (AvgIpc) is 2.91. The summed E-state index contributed by atoms with van der Waals surface area (Å²) in [4.78, 5) is 11.3. The molecule has 1 unspecified atom stereocenters. The van der Waals surface area contributed by atoms with Crippen molar-refractivity contribution in [3.8, 4) is 0 Å². The number of thioether (sulfide) groups is 1. The molecule has 1 spiro atoms. The number of esters is 1. The lowest BCUT2D eigenvalue weighted by Crippen LogP contribution is -2.44. The Bertz CT molecular complexity index is 484. The standard InChI is InChI=1S/C13H20N4O2S/c1-19-11(18)9-17-12(14-15-16-17)20-10-5-8-13(10)6-3-2-4-7-13/h10H,2-9H2,1H3. The molecular weight excluding hydrogens is 276 g/mol. The summed E-state index contributed by atoms with van der Waals surface area (Å²) in [7, 11) is 1.38. The van der Waals surface area contributed by atoms with Crippen molar-refractivity contribution in [3.63, 3.8) is 0 Å². The Balaban J connectivity index is 1.66. The molecule has 0 aromatic carbocycles. The number of carbonyl (C=O) groups is 1. The second kappa shape index (κ2) is 5.71. The molecule has 110 valence electrons. The molecule has 0 bridgehead atoms. The Hall–Kier alpha value is -1.11. The Labute approximate surface area is 122 Å². The lowest BCUT2D eigenvalue weighted by Gasteiger charge is -2.51. The number of tetrazole rings is 1. The fourth-order valence-corrected chi connectivity index (χ4v) is 4.78.